The van der Waals surface area contributed by atoms with Crippen molar-refractivity contribution in [1.82, 2.24) is 0 Å². The van der Waals surface area contributed by atoms with E-state index in [0.29, 0.717) is 24.7 Å². The number of fused-ring (bicyclic) bond motifs is 7. The van der Waals surface area contributed by atoms with Gasteiger partial charge in [-0.2, -0.15) is 0 Å². The van der Waals surface area contributed by atoms with Crippen LogP contribution in [0.15, 0.2) is 0 Å². The first-order chi connectivity index (χ1) is 15.6. The Kier molecular flexibility index (Phi) is 5.34. The van der Waals surface area contributed by atoms with Gasteiger partial charge in [0.05, 0.1) is 17.1 Å². The molecular weight excluding hydrogens is 424 g/mol. The molecule has 0 aromatic carbocycles. The first-order valence-electron chi connectivity index (χ1n) is 14.2. The lowest BCUT2D eigenvalue weighted by atomic mass is 9.31. The van der Waals surface area contributed by atoms with Crippen LogP contribution in [-0.4, -0.2) is 33.0 Å². The minimum absolute atomic E-state index is 0.0365. The zero-order valence-corrected chi connectivity index (χ0v) is 22.8. The molecule has 5 fully saturated rings. The second-order valence-electron chi connectivity index (χ2n) is 15.1. The van der Waals surface area contributed by atoms with Gasteiger partial charge in [0.15, 0.2) is 0 Å². The molecule has 0 heterocycles. The van der Waals surface area contributed by atoms with Gasteiger partial charge in [-0.05, 0) is 116 Å². The van der Waals surface area contributed by atoms with Crippen LogP contribution in [0.25, 0.3) is 0 Å². The van der Waals surface area contributed by atoms with Crippen molar-refractivity contribution in [2.75, 3.05) is 0 Å². The van der Waals surface area contributed by atoms with Crippen LogP contribution in [-0.2, 0) is 4.79 Å². The molecule has 4 nitrogen and oxygen atoms in total. The van der Waals surface area contributed by atoms with E-state index in [1.54, 1.807) is 0 Å². The lowest BCUT2D eigenvalue weighted by Crippen LogP contribution is -2.70. The molecule has 11 unspecified atom stereocenters. The molecule has 0 spiro atoms. The van der Waals surface area contributed by atoms with Crippen LogP contribution in [0.5, 0.6) is 0 Å². The van der Waals surface area contributed by atoms with Gasteiger partial charge in [0.1, 0.15) is 0 Å². The third-order valence-corrected chi connectivity index (χ3v) is 14.1. The normalized spacial score (nSPS) is 58.6. The molecule has 0 radical (unpaired) electrons. The van der Waals surface area contributed by atoms with Crippen LogP contribution in [0.1, 0.15) is 113 Å². The fourth-order valence-corrected chi connectivity index (χ4v) is 11.7. The van der Waals surface area contributed by atoms with Gasteiger partial charge in [0, 0.05) is 5.92 Å². The summed E-state index contributed by atoms with van der Waals surface area (Å²) in [5.74, 6) is 0.660. The van der Waals surface area contributed by atoms with Crippen molar-refractivity contribution < 1.29 is 20.1 Å². The first-order valence-corrected chi connectivity index (χ1v) is 14.2. The maximum Gasteiger partial charge on any atom is 0.310 e. The minimum atomic E-state index is -0.940. The number of hydrogen-bond donors (Lipinski definition) is 3. The average Bonchev–Trinajstić information content (AvgIpc) is 2.74. The minimum Gasteiger partial charge on any atom is -0.481 e. The molecule has 5 rings (SSSR count). The van der Waals surface area contributed by atoms with E-state index in [1.165, 1.54) is 0 Å². The molecule has 0 aromatic rings. The van der Waals surface area contributed by atoms with E-state index >= 15 is 0 Å². The van der Waals surface area contributed by atoms with Gasteiger partial charge in [0.25, 0.3) is 0 Å². The van der Waals surface area contributed by atoms with Crippen LogP contribution >= 0.6 is 0 Å². The Morgan fingerprint density at radius 3 is 2.09 bits per heavy atom. The molecule has 0 bridgehead atoms. The van der Waals surface area contributed by atoms with Gasteiger partial charge < -0.3 is 15.3 Å². The van der Waals surface area contributed by atoms with Crippen LogP contribution in [0.4, 0.5) is 0 Å². The molecule has 3 N–H and O–H groups in total. The van der Waals surface area contributed by atoms with Gasteiger partial charge in [-0.15, -0.1) is 0 Å². The summed E-state index contributed by atoms with van der Waals surface area (Å²) in [6.45, 7) is 16.2. The van der Waals surface area contributed by atoms with Crippen molar-refractivity contribution in [1.29, 1.82) is 0 Å². The largest absolute Gasteiger partial charge is 0.481 e. The van der Waals surface area contributed by atoms with E-state index in [2.05, 4.69) is 41.5 Å². The van der Waals surface area contributed by atoms with Crippen molar-refractivity contribution in [3.8, 4) is 0 Å². The van der Waals surface area contributed by atoms with Crippen molar-refractivity contribution >= 4 is 5.97 Å². The third-order valence-electron chi connectivity index (χ3n) is 14.1. The highest BCUT2D eigenvalue weighted by atomic mass is 16.4. The Bertz CT molecular complexity index is 864. The number of aliphatic hydroxyl groups is 2. The maximum absolute atomic E-state index is 12.9. The summed E-state index contributed by atoms with van der Waals surface area (Å²) in [6, 6.07) is 0. The number of carboxylic acid groups (broad SMARTS) is 1. The quantitative estimate of drug-likeness (QED) is 0.418. The predicted molar refractivity (Wildman–Crippen MR) is 134 cm³/mol. The van der Waals surface area contributed by atoms with Gasteiger partial charge in [-0.25, -0.2) is 0 Å². The molecule has 5 aliphatic carbocycles. The zero-order chi connectivity index (χ0) is 25.1. The summed E-state index contributed by atoms with van der Waals surface area (Å²) in [6.07, 6.45) is 9.43. The molecule has 194 valence electrons. The van der Waals surface area contributed by atoms with Crippen LogP contribution < -0.4 is 0 Å². The lowest BCUT2D eigenvalue weighted by Gasteiger charge is -2.74. The smallest absolute Gasteiger partial charge is 0.310 e. The predicted octanol–water partition coefficient (Wildman–Crippen LogP) is 6.28. The highest BCUT2D eigenvalue weighted by Crippen LogP contribution is 2.77. The molecule has 5 aliphatic rings. The Morgan fingerprint density at radius 1 is 0.765 bits per heavy atom. The zero-order valence-electron chi connectivity index (χ0n) is 22.8. The first kappa shape index (κ1) is 25.1. The Labute approximate surface area is 207 Å². The van der Waals surface area contributed by atoms with Gasteiger partial charge in [0.2, 0.25) is 0 Å². The number of carbonyl (C=O) groups is 1. The number of rotatable bonds is 1. The molecule has 11 atom stereocenters. The Balaban J connectivity index is 1.58. The summed E-state index contributed by atoms with van der Waals surface area (Å²) in [5.41, 5.74) is -1.38. The number of carboxylic acids is 1. The fraction of sp³-hybridized carbons (Fsp3) is 0.967. The van der Waals surface area contributed by atoms with E-state index in [9.17, 15) is 20.1 Å². The van der Waals surface area contributed by atoms with Crippen LogP contribution in [0.2, 0.25) is 0 Å². The number of aliphatic hydroxyl groups excluding tert-OH is 1. The molecular formula is C30H50O4. The van der Waals surface area contributed by atoms with E-state index in [-0.39, 0.29) is 45.5 Å². The molecule has 0 aliphatic heterocycles. The summed E-state index contributed by atoms with van der Waals surface area (Å²) in [7, 11) is 0. The second kappa shape index (κ2) is 7.24. The van der Waals surface area contributed by atoms with E-state index < -0.39 is 17.0 Å². The summed E-state index contributed by atoms with van der Waals surface area (Å²) in [5, 5.41) is 33.4. The van der Waals surface area contributed by atoms with Crippen LogP contribution in [0.3, 0.4) is 0 Å². The second-order valence-corrected chi connectivity index (χ2v) is 15.1. The molecule has 34 heavy (non-hydrogen) atoms. The highest BCUT2D eigenvalue weighted by Gasteiger charge is 2.73. The standard InChI is InChI=1S/C30H50O4/c1-18-10-15-30(24(32)33)17-16-27(5)19(23(30)29(18,7)34)8-9-21-26(4)13-12-22(31)25(2,3)20(26)11-14-28(21,27)6/h18-23,31,34H,8-17H2,1-7H3,(H,32,33). The van der Waals surface area contributed by atoms with Crippen molar-refractivity contribution in [2.45, 2.75) is 124 Å². The van der Waals surface area contributed by atoms with Crippen molar-refractivity contribution in [2.24, 2.45) is 56.7 Å². The summed E-state index contributed by atoms with van der Waals surface area (Å²) in [4.78, 5) is 12.9. The molecule has 4 heteroatoms. The van der Waals surface area contributed by atoms with Gasteiger partial charge >= 0.3 is 5.97 Å². The Hall–Kier alpha value is -0.610. The van der Waals surface area contributed by atoms with Crippen molar-refractivity contribution in [3.05, 3.63) is 0 Å². The number of hydrogen-bond acceptors (Lipinski definition) is 3. The van der Waals surface area contributed by atoms with Crippen LogP contribution in [0, 0.1) is 56.7 Å². The summed E-state index contributed by atoms with van der Waals surface area (Å²) < 4.78 is 0. The molecule has 0 aromatic heterocycles. The van der Waals surface area contributed by atoms with Crippen molar-refractivity contribution in [3.63, 3.8) is 0 Å². The fourth-order valence-electron chi connectivity index (χ4n) is 11.7. The van der Waals surface area contributed by atoms with E-state index in [1.807, 2.05) is 6.92 Å². The topological polar surface area (TPSA) is 77.8 Å². The average molecular weight is 475 g/mol. The van der Waals surface area contributed by atoms with Gasteiger partial charge in [-0.1, -0.05) is 41.5 Å². The lowest BCUT2D eigenvalue weighted by molar-refractivity contribution is -0.277. The monoisotopic (exact) mass is 474 g/mol. The maximum atomic E-state index is 12.9. The van der Waals surface area contributed by atoms with Gasteiger partial charge in [-0.3, -0.25) is 4.79 Å². The Morgan fingerprint density at radius 2 is 1.44 bits per heavy atom. The molecule has 5 saturated carbocycles. The molecule has 0 saturated heterocycles. The summed E-state index contributed by atoms with van der Waals surface area (Å²) >= 11 is 0. The third kappa shape index (κ3) is 2.77. The van der Waals surface area contributed by atoms with E-state index in [4.69, 9.17) is 0 Å². The van der Waals surface area contributed by atoms with E-state index in [0.717, 1.165) is 51.4 Å². The molecule has 0 amide bonds. The number of aliphatic carboxylic acids is 1. The highest BCUT2D eigenvalue weighted by molar-refractivity contribution is 5.76. The SMILES string of the molecule is CC1CCC2(C(=O)O)CCC3(C)C(CCC4C5(C)CCC(O)C(C)(C)C5CCC43C)C2C1(C)O.